The van der Waals surface area contributed by atoms with Crippen molar-refractivity contribution in [1.82, 2.24) is 15.5 Å². The number of piperidine rings is 1. The minimum Gasteiger partial charge on any atom is -0.491 e. The Bertz CT molecular complexity index is 2240. The number of ether oxygens (including phenoxy) is 3. The second-order valence-electron chi connectivity index (χ2n) is 18.3. The van der Waals surface area contributed by atoms with E-state index in [1.807, 2.05) is 67.3 Å². The number of aryl methyl sites for hydroxylation is 2. The van der Waals surface area contributed by atoms with Crippen molar-refractivity contribution in [2.24, 2.45) is 5.73 Å². The van der Waals surface area contributed by atoms with Crippen LogP contribution < -0.4 is 21.1 Å². The van der Waals surface area contributed by atoms with Crippen LogP contribution in [0.3, 0.4) is 0 Å². The zero-order valence-electron chi connectivity index (χ0n) is 39.8. The van der Waals surface area contributed by atoms with E-state index in [4.69, 9.17) is 19.9 Å². The quantitative estimate of drug-likeness (QED) is 0.0381. The van der Waals surface area contributed by atoms with Gasteiger partial charge in [0.15, 0.2) is 0 Å². The Morgan fingerprint density at radius 1 is 0.836 bits per heavy atom. The summed E-state index contributed by atoms with van der Waals surface area (Å²) in [5.41, 5.74) is 10.9. The van der Waals surface area contributed by atoms with Crippen molar-refractivity contribution in [3.63, 3.8) is 0 Å². The number of nitrogens with one attached hydrogen (secondary N) is 2. The first-order valence-electron chi connectivity index (χ1n) is 23.6. The molecule has 1 aliphatic rings. The Labute approximate surface area is 394 Å². The molecule has 0 aromatic heterocycles. The van der Waals surface area contributed by atoms with Crippen molar-refractivity contribution in [3.8, 4) is 16.9 Å². The number of esters is 1. The van der Waals surface area contributed by atoms with Crippen molar-refractivity contribution < 1.29 is 41.8 Å². The van der Waals surface area contributed by atoms with E-state index in [1.54, 1.807) is 26.8 Å². The zero-order chi connectivity index (χ0) is 48.4. The van der Waals surface area contributed by atoms with Crippen LogP contribution in [0.4, 0.5) is 13.2 Å². The molecule has 0 saturated carbocycles. The minimum absolute atomic E-state index is 0.0130. The molecule has 1 fully saturated rings. The minimum atomic E-state index is -4.68. The summed E-state index contributed by atoms with van der Waals surface area (Å²) in [6, 6.07) is 25.1. The van der Waals surface area contributed by atoms with Gasteiger partial charge in [0.1, 0.15) is 24.0 Å². The second kappa shape index (κ2) is 25.6. The van der Waals surface area contributed by atoms with Crippen LogP contribution in [0.5, 0.6) is 5.75 Å². The summed E-state index contributed by atoms with van der Waals surface area (Å²) in [7, 11) is 0. The van der Waals surface area contributed by atoms with E-state index in [9.17, 15) is 27.6 Å². The predicted octanol–water partition coefficient (Wildman–Crippen LogP) is 10.0. The molecular weight excluding hydrogens is 858 g/mol. The molecule has 0 aliphatic carbocycles. The second-order valence-corrected chi connectivity index (χ2v) is 18.3. The van der Waals surface area contributed by atoms with Gasteiger partial charge in [-0.05, 0) is 132 Å². The lowest BCUT2D eigenvalue weighted by molar-refractivity contribution is -0.163. The number of hydrogen-bond donors (Lipinski definition) is 3. The molecule has 0 bridgehead atoms. The topological polar surface area (TPSA) is 132 Å². The molecule has 13 heteroatoms. The maximum absolute atomic E-state index is 14.9. The highest BCUT2D eigenvalue weighted by Gasteiger charge is 2.36. The van der Waals surface area contributed by atoms with Crippen LogP contribution in [0.15, 0.2) is 84.9 Å². The highest BCUT2D eigenvalue weighted by atomic mass is 19.4. The predicted molar refractivity (Wildman–Crippen MR) is 259 cm³/mol. The number of benzene rings is 4. The maximum Gasteiger partial charge on any atom is 0.417 e. The molecule has 2 atom stereocenters. The fraction of sp³-hybridized carbons (Fsp3) is 0.463. The molecule has 4 aromatic carbocycles. The van der Waals surface area contributed by atoms with E-state index in [2.05, 4.69) is 34.9 Å². The Morgan fingerprint density at radius 2 is 1.58 bits per heavy atom. The van der Waals surface area contributed by atoms with Crippen molar-refractivity contribution in [1.29, 1.82) is 0 Å². The summed E-state index contributed by atoms with van der Waals surface area (Å²) in [4.78, 5) is 40.1. The van der Waals surface area contributed by atoms with E-state index < -0.39 is 35.4 Å². The van der Waals surface area contributed by atoms with Gasteiger partial charge in [-0.3, -0.25) is 19.3 Å². The lowest BCUT2D eigenvalue weighted by Gasteiger charge is -2.36. The molecular formula is C54H69F3N4O6. The number of nitrogens with zero attached hydrogens (tertiary/aromatic N) is 1. The van der Waals surface area contributed by atoms with Crippen LogP contribution in [-0.4, -0.2) is 79.8 Å². The Hall–Kier alpha value is -5.50. The molecule has 0 spiro atoms. The van der Waals surface area contributed by atoms with Gasteiger partial charge >= 0.3 is 12.1 Å². The highest BCUT2D eigenvalue weighted by molar-refractivity contribution is 5.81. The normalized spacial score (nSPS) is 15.0. The molecule has 4 aromatic rings. The average Bonchev–Trinajstić information content (AvgIpc) is 3.28. The highest BCUT2D eigenvalue weighted by Crippen LogP contribution is 2.38. The molecule has 362 valence electrons. The van der Waals surface area contributed by atoms with Crippen molar-refractivity contribution in [2.75, 3.05) is 39.5 Å². The molecule has 1 saturated heterocycles. The first kappa shape index (κ1) is 52.5. The molecule has 0 unspecified atom stereocenters. The van der Waals surface area contributed by atoms with Crippen LogP contribution in [0, 0.1) is 13.8 Å². The number of likely N-dealkylation sites (tertiary alicyclic amines) is 1. The number of carbonyl (C=O) groups excluding carboxylic acids is 3. The van der Waals surface area contributed by atoms with Crippen LogP contribution >= 0.6 is 0 Å². The number of unbranched alkanes of at least 4 members (excludes halogenated alkanes) is 1. The van der Waals surface area contributed by atoms with Gasteiger partial charge in [0, 0.05) is 31.6 Å². The van der Waals surface area contributed by atoms with Crippen molar-refractivity contribution >= 4 is 29.9 Å². The van der Waals surface area contributed by atoms with Gasteiger partial charge in [-0.1, -0.05) is 96.9 Å². The molecule has 2 amide bonds. The van der Waals surface area contributed by atoms with Gasteiger partial charge in [0.25, 0.3) is 0 Å². The monoisotopic (exact) mass is 927 g/mol. The summed E-state index contributed by atoms with van der Waals surface area (Å²) in [6.07, 6.45) is 4.53. The number of amides is 2. The molecule has 1 aliphatic heterocycles. The summed E-state index contributed by atoms with van der Waals surface area (Å²) < 4.78 is 62.4. The largest absolute Gasteiger partial charge is 0.491 e. The number of hydrogen-bond acceptors (Lipinski definition) is 8. The maximum atomic E-state index is 14.9. The first-order chi connectivity index (χ1) is 32.0. The molecule has 0 radical (unpaired) electrons. The number of halogens is 3. The van der Waals surface area contributed by atoms with E-state index in [0.717, 1.165) is 54.0 Å². The first-order valence-corrected chi connectivity index (χ1v) is 23.6. The summed E-state index contributed by atoms with van der Waals surface area (Å²) in [5, 5.41) is 5.73. The van der Waals surface area contributed by atoms with E-state index >= 15 is 0 Å². The van der Waals surface area contributed by atoms with Gasteiger partial charge in [0.2, 0.25) is 11.8 Å². The fourth-order valence-electron chi connectivity index (χ4n) is 8.10. The van der Waals surface area contributed by atoms with Crippen molar-refractivity contribution in [3.05, 3.63) is 124 Å². The Kier molecular flexibility index (Phi) is 20.0. The van der Waals surface area contributed by atoms with Gasteiger partial charge in [-0.2, -0.15) is 13.2 Å². The number of rotatable bonds is 23. The van der Waals surface area contributed by atoms with Crippen LogP contribution in [0.1, 0.15) is 111 Å². The summed E-state index contributed by atoms with van der Waals surface area (Å²) in [5.74, 6) is -0.448. The average molecular weight is 927 g/mol. The van der Waals surface area contributed by atoms with Crippen LogP contribution in [0.2, 0.25) is 0 Å². The summed E-state index contributed by atoms with van der Waals surface area (Å²) >= 11 is 0. The third-order valence-electron chi connectivity index (χ3n) is 11.7. The number of alkyl halides is 3. The molecule has 67 heavy (non-hydrogen) atoms. The smallest absolute Gasteiger partial charge is 0.417 e. The van der Waals surface area contributed by atoms with Gasteiger partial charge < -0.3 is 30.6 Å². The molecule has 5 rings (SSSR count). The third kappa shape index (κ3) is 17.3. The molecule has 4 N–H and O–H groups in total. The van der Waals surface area contributed by atoms with E-state index in [1.165, 1.54) is 23.3 Å². The lowest BCUT2D eigenvalue weighted by atomic mass is 9.95. The Balaban J connectivity index is 1.16. The Morgan fingerprint density at radius 3 is 2.31 bits per heavy atom. The summed E-state index contributed by atoms with van der Waals surface area (Å²) in [6.45, 7) is 10.9. The molecule has 10 nitrogen and oxygen atoms in total. The SMILES string of the molecule is Cc1ccc(CCCC(=O)NCCCC[C@H](N)C(=O)NCCOCCOc2cc(/C=C/c3cccc(-c4ccccc4)c3C)c(C(F)(F)F)cc2CN2CCCC[C@H]2C(=O)OC(C)(C)C)cc1. The van der Waals surface area contributed by atoms with Crippen LogP contribution in [0.25, 0.3) is 23.3 Å². The van der Waals surface area contributed by atoms with Gasteiger partial charge in [0.05, 0.1) is 24.8 Å². The third-order valence-corrected chi connectivity index (χ3v) is 11.7. The van der Waals surface area contributed by atoms with Crippen molar-refractivity contribution in [2.45, 2.75) is 123 Å². The van der Waals surface area contributed by atoms with Gasteiger partial charge in [-0.25, -0.2) is 0 Å². The molecule has 1 heterocycles. The van der Waals surface area contributed by atoms with E-state index in [0.29, 0.717) is 50.8 Å². The zero-order valence-corrected chi connectivity index (χ0v) is 39.8. The fourth-order valence-corrected chi connectivity index (χ4v) is 8.10. The number of carbonyl (C=O) groups is 3. The lowest BCUT2D eigenvalue weighted by Crippen LogP contribution is -2.46. The number of nitrogens with two attached hydrogens (primary N) is 1. The van der Waals surface area contributed by atoms with E-state index in [-0.39, 0.29) is 56.0 Å². The van der Waals surface area contributed by atoms with Gasteiger partial charge in [-0.15, -0.1) is 0 Å². The van der Waals surface area contributed by atoms with Crippen LogP contribution in [-0.2, 0) is 43.0 Å². The standard InChI is InChI=1S/C54H69F3N4O6/c1-38-23-25-40(26-24-38)15-13-22-50(62)59-29-11-9-20-47(58)51(63)60-30-32-65-33-34-66-49-36-43(28-27-41-18-14-19-45(39(41)2)42-16-7-6-8-17-42)46(54(55,56)57)35-44(49)37-61-31-12-10-21-48(61)52(64)67-53(3,4)5/h6-8,14,16-19,23-28,35-36,47-48H,9-13,15,20-22,29-34,37,58H2,1-5H3,(H,59,62)(H,60,63)/b28-27+/t47-,48-/m0/s1.